The molecule has 0 atom stereocenters. The minimum atomic E-state index is -5.39. The van der Waals surface area contributed by atoms with E-state index in [4.69, 9.17) is 57.7 Å². The second kappa shape index (κ2) is 18.5. The van der Waals surface area contributed by atoms with Crippen LogP contribution >= 0.6 is 23.5 Å². The van der Waals surface area contributed by atoms with Gasteiger partial charge in [-0.3, -0.25) is 0 Å². The molecule has 0 amide bonds. The predicted octanol–water partition coefficient (Wildman–Crippen LogP) is -8.48. The molecule has 0 saturated carbocycles. The summed E-state index contributed by atoms with van der Waals surface area (Å²) in [4.78, 5) is 76.9. The molecular weight excluding hydrogens is 506 g/mol. The molecule has 0 rings (SSSR count). The fraction of sp³-hybridized carbons (Fsp3) is 0. The first-order chi connectivity index (χ1) is 6.00. The van der Waals surface area contributed by atoms with Crippen LogP contribution in [0.3, 0.4) is 0 Å². The van der Waals surface area contributed by atoms with Crippen LogP contribution in [0.1, 0.15) is 0 Å². The van der Waals surface area contributed by atoms with Gasteiger partial charge in [0.15, 0.2) is 0 Å². The van der Waals surface area contributed by atoms with E-state index >= 15 is 0 Å². The molecule has 116 valence electrons. The van der Waals surface area contributed by atoms with E-state index in [1.165, 1.54) is 0 Å². The zero-order valence-electron chi connectivity index (χ0n) is 7.73. The van der Waals surface area contributed by atoms with Crippen LogP contribution in [-0.2, 0) is 82.0 Å². The molecule has 19 heavy (non-hydrogen) atoms. The largest absolute Gasteiger partial charge is 3.00 e. The molecule has 0 aliphatic rings. The van der Waals surface area contributed by atoms with Crippen molar-refractivity contribution >= 4 is 23.5 Å². The van der Waals surface area contributed by atoms with E-state index in [0.717, 1.165) is 0 Å². The quantitative estimate of drug-likeness (QED) is 0.219. The monoisotopic (exact) mass is 506 g/mol. The Hall–Kier alpha value is 2.41. The van der Waals surface area contributed by atoms with Crippen molar-refractivity contribution in [3.8, 4) is 0 Å². The Morgan fingerprint density at radius 1 is 0.421 bits per heavy atom. The van der Waals surface area contributed by atoms with Crippen molar-refractivity contribution in [2.45, 2.75) is 0 Å². The third-order valence-electron chi connectivity index (χ3n) is 0. The summed E-state index contributed by atoms with van der Waals surface area (Å²) in [7, 11) is -16.2. The Morgan fingerprint density at radius 2 is 0.421 bits per heavy atom. The molecule has 0 aliphatic carbocycles. The van der Waals surface area contributed by atoms with Crippen LogP contribution in [0.4, 0.5) is 0 Å². The standard InChI is InChI=1S/Fe.3Mn.3H3O4P/c;;;;3*1-5(2,3)4/h;;;;3*(H3,1,2,3,4)/q+3;3*+2;;;/p-9. The summed E-state index contributed by atoms with van der Waals surface area (Å²) >= 11 is 0. The summed E-state index contributed by atoms with van der Waals surface area (Å²) in [5.41, 5.74) is 0. The zero-order valence-corrected chi connectivity index (χ0v) is 15.1. The molecule has 0 aliphatic heterocycles. The van der Waals surface area contributed by atoms with Crippen molar-refractivity contribution in [2.75, 3.05) is 0 Å². The van der Waals surface area contributed by atoms with Crippen LogP contribution in [0.15, 0.2) is 0 Å². The minimum absolute atomic E-state index is 0. The van der Waals surface area contributed by atoms with E-state index < -0.39 is 23.5 Å². The maximum atomic E-state index is 8.55. The van der Waals surface area contributed by atoms with Gasteiger partial charge in [-0.1, -0.05) is 0 Å². The van der Waals surface area contributed by atoms with Crippen LogP contribution < -0.4 is 44.0 Å². The van der Waals surface area contributed by atoms with E-state index in [-0.39, 0.29) is 68.3 Å². The average molecular weight is 506 g/mol. The van der Waals surface area contributed by atoms with E-state index in [9.17, 15) is 0 Å². The van der Waals surface area contributed by atoms with E-state index in [1.807, 2.05) is 0 Å². The summed E-state index contributed by atoms with van der Waals surface area (Å²) in [6, 6.07) is 0. The summed E-state index contributed by atoms with van der Waals surface area (Å²) < 4.78 is 25.6. The number of hydrogen-bond donors (Lipinski definition) is 0. The number of rotatable bonds is 0. The summed E-state index contributed by atoms with van der Waals surface area (Å²) in [6.07, 6.45) is 0. The Bertz CT molecular complexity index is 214. The van der Waals surface area contributed by atoms with Crippen molar-refractivity contribution in [3.05, 3.63) is 0 Å². The third-order valence-corrected chi connectivity index (χ3v) is 0. The van der Waals surface area contributed by atoms with Crippen LogP contribution in [0, 0.1) is 0 Å². The smallest absolute Gasteiger partial charge is 0.822 e. The fourth-order valence-corrected chi connectivity index (χ4v) is 0. The van der Waals surface area contributed by atoms with Gasteiger partial charge in [-0.05, 0) is 0 Å². The van der Waals surface area contributed by atoms with E-state index in [1.54, 1.807) is 0 Å². The first-order valence-electron chi connectivity index (χ1n) is 2.19. The van der Waals surface area contributed by atoms with Gasteiger partial charge in [0.1, 0.15) is 0 Å². The maximum absolute atomic E-state index is 8.55. The first kappa shape index (κ1) is 43.0. The molecule has 0 N–H and O–H groups in total. The van der Waals surface area contributed by atoms with Gasteiger partial charge in [0.05, 0.1) is 0 Å². The van der Waals surface area contributed by atoms with Crippen molar-refractivity contribution < 1.29 is 126 Å². The van der Waals surface area contributed by atoms with Gasteiger partial charge in [0, 0.05) is 0 Å². The van der Waals surface area contributed by atoms with E-state index in [0.29, 0.717) is 0 Å². The van der Waals surface area contributed by atoms with Gasteiger partial charge in [-0.15, -0.1) is 0 Å². The second-order valence-corrected chi connectivity index (χ2v) is 4.02. The van der Waals surface area contributed by atoms with Gasteiger partial charge in [-0.25, -0.2) is 0 Å². The molecule has 0 heterocycles. The molecule has 4 radical (unpaired) electrons. The summed E-state index contributed by atoms with van der Waals surface area (Å²) in [6.45, 7) is 0. The van der Waals surface area contributed by atoms with E-state index in [2.05, 4.69) is 0 Å². The Morgan fingerprint density at radius 3 is 0.421 bits per heavy atom. The Labute approximate surface area is 149 Å². The van der Waals surface area contributed by atoms with Gasteiger partial charge >= 0.3 is 68.3 Å². The predicted molar refractivity (Wildman–Crippen MR) is 22.8 cm³/mol. The van der Waals surface area contributed by atoms with Crippen LogP contribution in [0.2, 0.25) is 0 Å². The molecule has 0 aromatic carbocycles. The van der Waals surface area contributed by atoms with Crippen molar-refractivity contribution in [1.29, 1.82) is 0 Å². The molecule has 0 fully saturated rings. The number of phosphoric acid groups is 3. The van der Waals surface area contributed by atoms with Crippen LogP contribution in [-0.4, -0.2) is 0 Å². The third kappa shape index (κ3) is 1190. The normalized spacial score (nSPS) is 9.32. The first-order valence-corrected chi connectivity index (χ1v) is 6.57. The molecule has 0 saturated heterocycles. The minimum Gasteiger partial charge on any atom is -0.822 e. The molecular formula is FeMn3O12P3. The molecule has 0 unspecified atom stereocenters. The van der Waals surface area contributed by atoms with Crippen molar-refractivity contribution in [1.82, 2.24) is 0 Å². The SMILES string of the molecule is O=P([O-])([O-])[O-].O=P([O-])([O-])[O-].O=P([O-])([O-])[O-].[Fe+3].[Mn+2].[Mn+2].[Mn+2]. The molecule has 0 bridgehead atoms. The average Bonchev–Trinajstić information content (AvgIpc) is 1.41. The van der Waals surface area contributed by atoms with Crippen LogP contribution in [0.25, 0.3) is 0 Å². The second-order valence-electron chi connectivity index (χ2n) is 1.34. The van der Waals surface area contributed by atoms with Crippen molar-refractivity contribution in [2.24, 2.45) is 0 Å². The van der Waals surface area contributed by atoms with Gasteiger partial charge in [-0.2, -0.15) is 23.5 Å². The van der Waals surface area contributed by atoms with Gasteiger partial charge in [0.2, 0.25) is 0 Å². The van der Waals surface area contributed by atoms with Crippen molar-refractivity contribution in [3.63, 3.8) is 0 Å². The molecule has 0 aromatic rings. The number of hydrogen-bond acceptors (Lipinski definition) is 12. The van der Waals surface area contributed by atoms with Gasteiger partial charge in [0.25, 0.3) is 0 Å². The van der Waals surface area contributed by atoms with Crippen LogP contribution in [0.5, 0.6) is 0 Å². The molecule has 0 aromatic heterocycles. The summed E-state index contributed by atoms with van der Waals surface area (Å²) in [5.74, 6) is 0. The Balaban J connectivity index is -0.0000000206. The molecule has 19 heteroatoms. The topological polar surface area (TPSA) is 259 Å². The zero-order chi connectivity index (χ0) is 13.5. The summed E-state index contributed by atoms with van der Waals surface area (Å²) in [5, 5.41) is 0. The fourth-order valence-electron chi connectivity index (χ4n) is 0. The van der Waals surface area contributed by atoms with Gasteiger partial charge < -0.3 is 57.7 Å². The maximum Gasteiger partial charge on any atom is 3.00 e. The Kier molecular flexibility index (Phi) is 41.7. The molecule has 0 spiro atoms. The molecule has 12 nitrogen and oxygen atoms in total.